The Hall–Kier alpha value is -3.08. The fraction of sp³-hybridized carbons (Fsp3) is 0.238. The number of esters is 1. The Morgan fingerprint density at radius 2 is 2.04 bits per heavy atom. The van der Waals surface area contributed by atoms with Crippen molar-refractivity contribution in [3.8, 4) is 22.6 Å². The molecule has 0 bridgehead atoms. The first kappa shape index (κ1) is 16.4. The molecule has 26 heavy (non-hydrogen) atoms. The van der Waals surface area contributed by atoms with Gasteiger partial charge >= 0.3 is 5.97 Å². The van der Waals surface area contributed by atoms with Gasteiger partial charge < -0.3 is 4.74 Å². The molecule has 0 N–H and O–H groups in total. The molecule has 0 spiro atoms. The summed E-state index contributed by atoms with van der Waals surface area (Å²) < 4.78 is 5.13. The molecule has 4 rings (SSSR count). The van der Waals surface area contributed by atoms with Crippen LogP contribution >= 0.6 is 0 Å². The predicted octanol–water partition coefficient (Wildman–Crippen LogP) is 3.87. The Labute approximate surface area is 152 Å². The lowest BCUT2D eigenvalue weighted by molar-refractivity contribution is 0.0526. The molecule has 1 aliphatic rings. The maximum atomic E-state index is 12.0. The quantitative estimate of drug-likeness (QED) is 0.674. The highest BCUT2D eigenvalue weighted by Crippen LogP contribution is 2.32. The van der Waals surface area contributed by atoms with Gasteiger partial charge in [0.2, 0.25) is 0 Å². The molecule has 0 fully saturated rings. The Balaban J connectivity index is 1.80. The second kappa shape index (κ2) is 7.04. The molecule has 0 radical (unpaired) electrons. The third-order valence-electron chi connectivity index (χ3n) is 4.55. The van der Waals surface area contributed by atoms with Gasteiger partial charge in [0.1, 0.15) is 0 Å². The second-order valence-corrected chi connectivity index (χ2v) is 6.26. The van der Waals surface area contributed by atoms with E-state index in [4.69, 9.17) is 9.72 Å². The maximum absolute atomic E-state index is 12.0. The van der Waals surface area contributed by atoms with Gasteiger partial charge in [0, 0.05) is 29.7 Å². The van der Waals surface area contributed by atoms with Gasteiger partial charge in [-0.1, -0.05) is 6.07 Å². The van der Waals surface area contributed by atoms with Crippen LogP contribution in [0.4, 0.5) is 0 Å². The number of carbonyl (C=O) groups excluding carboxylic acids is 1. The summed E-state index contributed by atoms with van der Waals surface area (Å²) in [5.41, 5.74) is 5.77. The molecule has 2 heterocycles. The number of hydrogen-bond donors (Lipinski definition) is 0. The monoisotopic (exact) mass is 345 g/mol. The Bertz CT molecular complexity index is 955. The molecule has 1 aromatic carbocycles. The highest BCUT2D eigenvalue weighted by molar-refractivity contribution is 5.90. The van der Waals surface area contributed by atoms with Crippen molar-refractivity contribution in [2.75, 3.05) is 6.61 Å². The lowest BCUT2D eigenvalue weighted by Gasteiger charge is -2.11. The summed E-state index contributed by atoms with van der Waals surface area (Å²) >= 11 is 0. The zero-order chi connectivity index (χ0) is 17.9. The zero-order valence-electron chi connectivity index (χ0n) is 14.6. The van der Waals surface area contributed by atoms with Gasteiger partial charge in [0.05, 0.1) is 17.9 Å². The number of aryl methyl sites for hydroxylation is 2. The number of aromatic nitrogens is 3. The van der Waals surface area contributed by atoms with Gasteiger partial charge in [0.15, 0.2) is 5.82 Å². The van der Waals surface area contributed by atoms with Crippen molar-refractivity contribution in [1.29, 1.82) is 0 Å². The van der Waals surface area contributed by atoms with E-state index in [9.17, 15) is 4.79 Å². The van der Waals surface area contributed by atoms with Crippen molar-refractivity contribution in [2.45, 2.75) is 26.2 Å². The van der Waals surface area contributed by atoms with E-state index in [0.717, 1.165) is 47.2 Å². The highest BCUT2D eigenvalue weighted by atomic mass is 16.5. The average Bonchev–Trinajstić information content (AvgIpc) is 2.87. The molecule has 130 valence electrons. The van der Waals surface area contributed by atoms with Crippen molar-refractivity contribution < 1.29 is 9.53 Å². The van der Waals surface area contributed by atoms with E-state index in [1.54, 1.807) is 12.4 Å². The summed E-state index contributed by atoms with van der Waals surface area (Å²) in [7, 11) is 0. The number of carbonyl (C=O) groups is 1. The largest absolute Gasteiger partial charge is 0.462 e. The first-order valence-corrected chi connectivity index (χ1v) is 8.83. The number of hydrogen-bond acceptors (Lipinski definition) is 5. The van der Waals surface area contributed by atoms with Gasteiger partial charge in [-0.2, -0.15) is 0 Å². The molecular weight excluding hydrogens is 326 g/mol. The van der Waals surface area contributed by atoms with Crippen LogP contribution in [0.5, 0.6) is 0 Å². The lowest BCUT2D eigenvalue weighted by atomic mass is 9.99. The minimum Gasteiger partial charge on any atom is -0.462 e. The SMILES string of the molecule is CCOC(=O)c1ccc2c(c1)CCCc1cnc(-c3cccnc3)nc1-2. The van der Waals surface area contributed by atoms with E-state index in [1.807, 2.05) is 43.5 Å². The van der Waals surface area contributed by atoms with Gasteiger partial charge in [0.25, 0.3) is 0 Å². The molecule has 0 amide bonds. The van der Waals surface area contributed by atoms with E-state index in [2.05, 4.69) is 9.97 Å². The Morgan fingerprint density at radius 1 is 1.15 bits per heavy atom. The molecule has 2 aromatic heterocycles. The first-order chi connectivity index (χ1) is 12.8. The molecule has 0 atom stereocenters. The summed E-state index contributed by atoms with van der Waals surface area (Å²) in [6.45, 7) is 2.19. The van der Waals surface area contributed by atoms with Gasteiger partial charge in [-0.05, 0) is 61.6 Å². The Kier molecular flexibility index (Phi) is 4.44. The summed E-state index contributed by atoms with van der Waals surface area (Å²) in [5.74, 6) is 0.387. The van der Waals surface area contributed by atoms with Crippen LogP contribution in [0.25, 0.3) is 22.6 Å². The third-order valence-corrected chi connectivity index (χ3v) is 4.55. The zero-order valence-corrected chi connectivity index (χ0v) is 14.6. The molecular formula is C21H19N3O2. The number of pyridine rings is 1. The van der Waals surface area contributed by atoms with Crippen LogP contribution in [0.15, 0.2) is 48.9 Å². The molecule has 5 nitrogen and oxygen atoms in total. The van der Waals surface area contributed by atoms with Crippen LogP contribution in [0.3, 0.4) is 0 Å². The van der Waals surface area contributed by atoms with Crippen molar-refractivity contribution in [3.63, 3.8) is 0 Å². The molecule has 0 saturated heterocycles. The smallest absolute Gasteiger partial charge is 0.338 e. The summed E-state index contributed by atoms with van der Waals surface area (Å²) in [6.07, 6.45) is 8.25. The van der Waals surface area contributed by atoms with Crippen LogP contribution in [-0.4, -0.2) is 27.5 Å². The standard InChI is InChI=1S/C21H19N3O2/c1-2-26-21(25)15-8-9-18-14(11-15)5-3-6-16-13-23-20(24-19(16)18)17-7-4-10-22-12-17/h4,7-13H,2-3,5-6H2,1H3. The number of ether oxygens (including phenoxy) is 1. The van der Waals surface area contributed by atoms with E-state index >= 15 is 0 Å². The van der Waals surface area contributed by atoms with Gasteiger partial charge in [-0.25, -0.2) is 14.8 Å². The molecule has 1 aliphatic carbocycles. The number of fused-ring (bicyclic) bond motifs is 3. The molecule has 3 aromatic rings. The molecule has 0 aliphatic heterocycles. The van der Waals surface area contributed by atoms with Crippen LogP contribution in [0.2, 0.25) is 0 Å². The minimum atomic E-state index is -0.279. The van der Waals surface area contributed by atoms with E-state index in [-0.39, 0.29) is 5.97 Å². The van der Waals surface area contributed by atoms with E-state index in [1.165, 1.54) is 0 Å². The van der Waals surface area contributed by atoms with Crippen molar-refractivity contribution in [1.82, 2.24) is 15.0 Å². The number of nitrogens with zero attached hydrogens (tertiary/aromatic N) is 3. The fourth-order valence-corrected chi connectivity index (χ4v) is 3.30. The number of benzene rings is 1. The third kappa shape index (κ3) is 3.08. The lowest BCUT2D eigenvalue weighted by Crippen LogP contribution is -2.05. The van der Waals surface area contributed by atoms with Crippen molar-refractivity contribution in [3.05, 3.63) is 65.6 Å². The van der Waals surface area contributed by atoms with E-state index < -0.39 is 0 Å². The Morgan fingerprint density at radius 3 is 2.85 bits per heavy atom. The van der Waals surface area contributed by atoms with Crippen LogP contribution in [0.1, 0.15) is 34.8 Å². The maximum Gasteiger partial charge on any atom is 0.338 e. The predicted molar refractivity (Wildman–Crippen MR) is 98.7 cm³/mol. The average molecular weight is 345 g/mol. The minimum absolute atomic E-state index is 0.279. The van der Waals surface area contributed by atoms with Crippen molar-refractivity contribution >= 4 is 5.97 Å². The normalized spacial score (nSPS) is 12.7. The second-order valence-electron chi connectivity index (χ2n) is 6.26. The van der Waals surface area contributed by atoms with E-state index in [0.29, 0.717) is 18.0 Å². The van der Waals surface area contributed by atoms with Crippen LogP contribution < -0.4 is 0 Å². The summed E-state index contributed by atoms with van der Waals surface area (Å²) in [4.78, 5) is 25.5. The molecule has 0 saturated carbocycles. The van der Waals surface area contributed by atoms with Gasteiger partial charge in [-0.15, -0.1) is 0 Å². The summed E-state index contributed by atoms with van der Waals surface area (Å²) in [5, 5.41) is 0. The van der Waals surface area contributed by atoms with Crippen molar-refractivity contribution in [2.24, 2.45) is 0 Å². The fourth-order valence-electron chi connectivity index (χ4n) is 3.30. The topological polar surface area (TPSA) is 65.0 Å². The first-order valence-electron chi connectivity index (χ1n) is 8.83. The van der Waals surface area contributed by atoms with Gasteiger partial charge in [-0.3, -0.25) is 4.98 Å². The number of rotatable bonds is 3. The molecule has 0 unspecified atom stereocenters. The van der Waals surface area contributed by atoms with Crippen LogP contribution in [0, 0.1) is 0 Å². The van der Waals surface area contributed by atoms with Crippen LogP contribution in [-0.2, 0) is 17.6 Å². The summed E-state index contributed by atoms with van der Waals surface area (Å²) in [6, 6.07) is 9.57. The highest BCUT2D eigenvalue weighted by Gasteiger charge is 2.19. The molecule has 5 heteroatoms.